The molecule has 0 bridgehead atoms. The van der Waals surface area contributed by atoms with Gasteiger partial charge in [0.2, 0.25) is 17.8 Å². The summed E-state index contributed by atoms with van der Waals surface area (Å²) < 4.78 is 41.6. The molecular formula is C24H30F3N7O. The largest absolute Gasteiger partial charge is 0.416 e. The molecule has 1 aliphatic carbocycles. The molecule has 0 unspecified atom stereocenters. The highest BCUT2D eigenvalue weighted by atomic mass is 19.4. The third kappa shape index (κ3) is 5.49. The maximum absolute atomic E-state index is 13.2. The third-order valence-corrected chi connectivity index (χ3v) is 6.68. The summed E-state index contributed by atoms with van der Waals surface area (Å²) in [6.07, 6.45) is 0.603. The molecule has 2 aromatic heterocycles. The lowest BCUT2D eigenvalue weighted by atomic mass is 9.85. The molecular weight excluding hydrogens is 459 g/mol. The number of nitrogens with zero attached hydrogens (tertiary/aromatic N) is 4. The van der Waals surface area contributed by atoms with Gasteiger partial charge in [-0.1, -0.05) is 13.0 Å². The molecule has 0 aliphatic heterocycles. The molecule has 11 heteroatoms. The van der Waals surface area contributed by atoms with E-state index in [1.54, 1.807) is 12.3 Å². The monoisotopic (exact) mass is 489 g/mol. The zero-order valence-electron chi connectivity index (χ0n) is 20.0. The lowest BCUT2D eigenvalue weighted by Crippen LogP contribution is -2.31. The molecule has 4 rings (SSSR count). The van der Waals surface area contributed by atoms with Crippen molar-refractivity contribution in [3.05, 3.63) is 36.0 Å². The van der Waals surface area contributed by atoms with Crippen LogP contribution in [-0.4, -0.2) is 31.0 Å². The van der Waals surface area contributed by atoms with Gasteiger partial charge in [0.1, 0.15) is 5.52 Å². The van der Waals surface area contributed by atoms with Gasteiger partial charge in [-0.05, 0) is 64.2 Å². The van der Waals surface area contributed by atoms with Crippen molar-refractivity contribution < 1.29 is 18.0 Å². The van der Waals surface area contributed by atoms with Crippen LogP contribution < -0.4 is 16.4 Å². The number of aromatic nitrogens is 4. The Morgan fingerprint density at radius 2 is 1.89 bits per heavy atom. The molecule has 0 radical (unpaired) electrons. The molecule has 8 nitrogen and oxygen atoms in total. The van der Waals surface area contributed by atoms with Crippen molar-refractivity contribution in [2.24, 2.45) is 11.7 Å². The molecule has 35 heavy (non-hydrogen) atoms. The quantitative estimate of drug-likeness (QED) is 0.410. The van der Waals surface area contributed by atoms with Crippen molar-refractivity contribution in [1.29, 1.82) is 0 Å². The number of benzene rings is 1. The SMILES string of the molecule is CCC(C)(C)Nc1ncc2nc(Nc3cccc(C(F)(F)F)c3)n(C3CCC(C(N)=O)CC3)c2n1. The van der Waals surface area contributed by atoms with E-state index in [9.17, 15) is 18.0 Å². The van der Waals surface area contributed by atoms with Crippen LogP contribution in [0.25, 0.3) is 11.2 Å². The second kappa shape index (κ2) is 9.35. The number of halogens is 3. The van der Waals surface area contributed by atoms with Gasteiger partial charge in [-0.2, -0.15) is 18.2 Å². The summed E-state index contributed by atoms with van der Waals surface area (Å²) in [6, 6.07) is 4.94. The summed E-state index contributed by atoms with van der Waals surface area (Å²) >= 11 is 0. The van der Waals surface area contributed by atoms with Crippen molar-refractivity contribution >= 4 is 34.7 Å². The Kier molecular flexibility index (Phi) is 6.61. The molecule has 0 saturated heterocycles. The van der Waals surface area contributed by atoms with E-state index in [2.05, 4.69) is 27.5 Å². The van der Waals surface area contributed by atoms with E-state index in [-0.39, 0.29) is 29.1 Å². The number of anilines is 3. The minimum atomic E-state index is -4.46. The van der Waals surface area contributed by atoms with E-state index in [1.165, 1.54) is 6.07 Å². The predicted molar refractivity (Wildman–Crippen MR) is 128 cm³/mol. The van der Waals surface area contributed by atoms with Crippen molar-refractivity contribution in [2.45, 2.75) is 70.6 Å². The Morgan fingerprint density at radius 1 is 1.17 bits per heavy atom. The van der Waals surface area contributed by atoms with E-state index in [0.717, 1.165) is 18.6 Å². The van der Waals surface area contributed by atoms with Crippen LogP contribution in [0.3, 0.4) is 0 Å². The van der Waals surface area contributed by atoms with E-state index >= 15 is 0 Å². The van der Waals surface area contributed by atoms with Crippen LogP contribution in [-0.2, 0) is 11.0 Å². The van der Waals surface area contributed by atoms with E-state index in [4.69, 9.17) is 10.7 Å². The van der Waals surface area contributed by atoms with Gasteiger partial charge in [0, 0.05) is 23.2 Å². The van der Waals surface area contributed by atoms with E-state index < -0.39 is 11.7 Å². The molecule has 0 atom stereocenters. The number of amides is 1. The third-order valence-electron chi connectivity index (χ3n) is 6.68. The summed E-state index contributed by atoms with van der Waals surface area (Å²) in [5.41, 5.74) is 5.89. The van der Waals surface area contributed by atoms with Crippen LogP contribution in [0.5, 0.6) is 0 Å². The Bertz CT molecular complexity index is 1210. The van der Waals surface area contributed by atoms with Crippen molar-refractivity contribution in [3.8, 4) is 0 Å². The van der Waals surface area contributed by atoms with Crippen molar-refractivity contribution in [1.82, 2.24) is 19.5 Å². The van der Waals surface area contributed by atoms with Crippen LogP contribution in [0.15, 0.2) is 30.5 Å². The zero-order chi connectivity index (χ0) is 25.4. The maximum Gasteiger partial charge on any atom is 0.416 e. The lowest BCUT2D eigenvalue weighted by molar-refractivity contribution is -0.137. The molecule has 1 aromatic carbocycles. The topological polar surface area (TPSA) is 111 Å². The summed E-state index contributed by atoms with van der Waals surface area (Å²) in [4.78, 5) is 25.4. The highest BCUT2D eigenvalue weighted by Crippen LogP contribution is 2.38. The fourth-order valence-corrected chi connectivity index (χ4v) is 4.30. The first-order chi connectivity index (χ1) is 16.5. The first-order valence-corrected chi connectivity index (χ1v) is 11.7. The fraction of sp³-hybridized carbons (Fsp3) is 0.500. The predicted octanol–water partition coefficient (Wildman–Crippen LogP) is 5.41. The van der Waals surface area contributed by atoms with Crippen LogP contribution in [0.4, 0.5) is 30.8 Å². The standard InChI is InChI=1S/C24H30F3N7O/c1-4-23(2,3)33-21-29-13-18-20(32-21)34(17-10-8-14(9-11-17)19(28)35)22(31-18)30-16-7-5-6-15(12-16)24(25,26)27/h5-7,12-14,17H,4,8-11H2,1-3H3,(H2,28,35)(H,30,31)(H,29,32,33). The van der Waals surface area contributed by atoms with Crippen molar-refractivity contribution in [2.75, 3.05) is 10.6 Å². The normalized spacial score (nSPS) is 19.0. The Hall–Kier alpha value is -3.37. The number of nitrogens with one attached hydrogen (secondary N) is 2. The molecule has 0 spiro atoms. The molecule has 3 aromatic rings. The summed E-state index contributed by atoms with van der Waals surface area (Å²) in [7, 11) is 0. The highest BCUT2D eigenvalue weighted by molar-refractivity contribution is 5.78. The second-order valence-corrected chi connectivity index (χ2v) is 9.68. The summed E-state index contributed by atoms with van der Waals surface area (Å²) in [5.74, 6) is 0.333. The van der Waals surface area contributed by atoms with Gasteiger partial charge in [-0.3, -0.25) is 9.36 Å². The number of hydrogen-bond donors (Lipinski definition) is 3. The Labute approximate surface area is 201 Å². The number of carbonyl (C=O) groups excluding carboxylic acids is 1. The Morgan fingerprint density at radius 3 is 2.51 bits per heavy atom. The highest BCUT2D eigenvalue weighted by Gasteiger charge is 2.32. The van der Waals surface area contributed by atoms with Gasteiger partial charge >= 0.3 is 6.18 Å². The lowest BCUT2D eigenvalue weighted by Gasteiger charge is -2.29. The first kappa shape index (κ1) is 24.7. The number of primary amides is 1. The second-order valence-electron chi connectivity index (χ2n) is 9.68. The first-order valence-electron chi connectivity index (χ1n) is 11.7. The fourth-order valence-electron chi connectivity index (χ4n) is 4.30. The Balaban J connectivity index is 1.74. The van der Waals surface area contributed by atoms with Gasteiger partial charge in [-0.15, -0.1) is 0 Å². The van der Waals surface area contributed by atoms with Crippen LogP contribution in [0, 0.1) is 5.92 Å². The summed E-state index contributed by atoms with van der Waals surface area (Å²) in [6.45, 7) is 6.15. The smallest absolute Gasteiger partial charge is 0.369 e. The summed E-state index contributed by atoms with van der Waals surface area (Å²) in [5, 5.41) is 6.38. The van der Waals surface area contributed by atoms with E-state index in [0.29, 0.717) is 48.7 Å². The van der Waals surface area contributed by atoms with Crippen molar-refractivity contribution in [3.63, 3.8) is 0 Å². The van der Waals surface area contributed by atoms with Crippen LogP contribution in [0.1, 0.15) is 64.5 Å². The van der Waals surface area contributed by atoms with Crippen LogP contribution >= 0.6 is 0 Å². The van der Waals surface area contributed by atoms with Gasteiger partial charge < -0.3 is 16.4 Å². The average Bonchev–Trinajstić information content (AvgIpc) is 3.15. The molecule has 4 N–H and O–H groups in total. The number of imidazole rings is 1. The van der Waals surface area contributed by atoms with Crippen LogP contribution in [0.2, 0.25) is 0 Å². The number of rotatable bonds is 7. The number of hydrogen-bond acceptors (Lipinski definition) is 6. The van der Waals surface area contributed by atoms with Gasteiger partial charge in [-0.25, -0.2) is 9.97 Å². The van der Waals surface area contributed by atoms with Gasteiger partial charge in [0.15, 0.2) is 5.65 Å². The molecule has 1 aliphatic rings. The van der Waals surface area contributed by atoms with Gasteiger partial charge in [0.25, 0.3) is 0 Å². The maximum atomic E-state index is 13.2. The van der Waals surface area contributed by atoms with E-state index in [1.807, 2.05) is 18.4 Å². The molecule has 1 amide bonds. The molecule has 2 heterocycles. The zero-order valence-corrected chi connectivity index (χ0v) is 20.0. The molecule has 1 fully saturated rings. The number of fused-ring (bicyclic) bond motifs is 1. The molecule has 188 valence electrons. The number of carbonyl (C=O) groups is 1. The number of alkyl halides is 3. The van der Waals surface area contributed by atoms with Gasteiger partial charge in [0.05, 0.1) is 11.8 Å². The molecule has 1 saturated carbocycles. The minimum Gasteiger partial charge on any atom is -0.369 e. The minimum absolute atomic E-state index is 0.0502. The average molecular weight is 490 g/mol. The number of nitrogens with two attached hydrogens (primary N) is 1.